The number of nitrogens with zero attached hydrogens (tertiary/aromatic N) is 2. The van der Waals surface area contributed by atoms with Crippen molar-refractivity contribution in [3.05, 3.63) is 18.0 Å². The van der Waals surface area contributed by atoms with Gasteiger partial charge < -0.3 is 0 Å². The number of hydrogen-bond acceptors (Lipinski definition) is 1. The van der Waals surface area contributed by atoms with Crippen LogP contribution in [-0.4, -0.2) is 9.78 Å². The highest BCUT2D eigenvalue weighted by molar-refractivity contribution is 5.22. The quantitative estimate of drug-likeness (QED) is 0.706. The maximum absolute atomic E-state index is 4.39. The molecule has 1 heterocycles. The molecule has 0 N–H and O–H groups in total. The van der Waals surface area contributed by atoms with Crippen molar-refractivity contribution >= 4 is 0 Å². The summed E-state index contributed by atoms with van der Waals surface area (Å²) in [6, 6.07) is 2.27. The summed E-state index contributed by atoms with van der Waals surface area (Å²) >= 11 is 0. The molecule has 0 spiro atoms. The van der Waals surface area contributed by atoms with E-state index in [2.05, 4.69) is 22.9 Å². The Morgan fingerprint density at radius 1 is 1.12 bits per heavy atom. The molecule has 16 heavy (non-hydrogen) atoms. The number of rotatable bonds is 1. The van der Waals surface area contributed by atoms with E-state index in [0.717, 1.165) is 17.8 Å². The predicted molar refractivity (Wildman–Crippen MR) is 63.1 cm³/mol. The van der Waals surface area contributed by atoms with E-state index in [1.54, 1.807) is 0 Å². The van der Waals surface area contributed by atoms with Crippen LogP contribution in [0.4, 0.5) is 0 Å². The Kier molecular flexibility index (Phi) is 1.68. The smallest absolute Gasteiger partial charge is 0.0492 e. The molecule has 4 aliphatic carbocycles. The SMILES string of the molecule is Cn1nccc1C12CC3CC(CC(C3)C1)C2. The molecule has 4 saturated carbocycles. The molecule has 0 aromatic carbocycles. The van der Waals surface area contributed by atoms with Gasteiger partial charge in [-0.3, -0.25) is 4.68 Å². The first-order valence-electron chi connectivity index (χ1n) is 6.74. The molecule has 1 aromatic rings. The molecule has 4 fully saturated rings. The second kappa shape index (κ2) is 2.91. The fraction of sp³-hybridized carbons (Fsp3) is 0.786. The summed E-state index contributed by atoms with van der Waals surface area (Å²) in [7, 11) is 2.12. The molecule has 0 radical (unpaired) electrons. The van der Waals surface area contributed by atoms with Crippen LogP contribution in [-0.2, 0) is 12.5 Å². The van der Waals surface area contributed by atoms with Crippen LogP contribution >= 0.6 is 0 Å². The minimum absolute atomic E-state index is 0.514. The largest absolute Gasteiger partial charge is 0.272 e. The first-order valence-corrected chi connectivity index (χ1v) is 6.74. The van der Waals surface area contributed by atoms with Gasteiger partial charge in [0.1, 0.15) is 0 Å². The first kappa shape index (κ1) is 9.26. The van der Waals surface area contributed by atoms with Gasteiger partial charge >= 0.3 is 0 Å². The topological polar surface area (TPSA) is 17.8 Å². The van der Waals surface area contributed by atoms with Gasteiger partial charge in [-0.05, 0) is 62.3 Å². The average Bonchev–Trinajstić information content (AvgIpc) is 2.62. The fourth-order valence-electron chi connectivity index (χ4n) is 5.32. The lowest BCUT2D eigenvalue weighted by atomic mass is 9.49. The van der Waals surface area contributed by atoms with Crippen LogP contribution in [0.5, 0.6) is 0 Å². The van der Waals surface area contributed by atoms with Gasteiger partial charge in [-0.25, -0.2) is 0 Å². The summed E-state index contributed by atoms with van der Waals surface area (Å²) in [6.07, 6.45) is 10.9. The molecule has 4 bridgehead atoms. The van der Waals surface area contributed by atoms with Crippen LogP contribution in [0.2, 0.25) is 0 Å². The van der Waals surface area contributed by atoms with Gasteiger partial charge in [0.05, 0.1) is 0 Å². The van der Waals surface area contributed by atoms with Crippen LogP contribution in [0, 0.1) is 17.8 Å². The summed E-state index contributed by atoms with van der Waals surface area (Å²) in [4.78, 5) is 0. The molecule has 0 aliphatic heterocycles. The fourth-order valence-corrected chi connectivity index (χ4v) is 5.32. The monoisotopic (exact) mass is 216 g/mol. The summed E-state index contributed by atoms with van der Waals surface area (Å²) in [5.74, 6) is 3.09. The van der Waals surface area contributed by atoms with Gasteiger partial charge in [-0.1, -0.05) is 0 Å². The van der Waals surface area contributed by atoms with E-state index in [-0.39, 0.29) is 0 Å². The minimum atomic E-state index is 0.514. The molecule has 0 amide bonds. The molecule has 0 saturated heterocycles. The maximum Gasteiger partial charge on any atom is 0.0492 e. The van der Waals surface area contributed by atoms with Crippen molar-refractivity contribution in [2.75, 3.05) is 0 Å². The Morgan fingerprint density at radius 2 is 1.69 bits per heavy atom. The van der Waals surface area contributed by atoms with Gasteiger partial charge in [0.15, 0.2) is 0 Å². The lowest BCUT2D eigenvalue weighted by Gasteiger charge is -2.56. The Morgan fingerprint density at radius 3 is 2.12 bits per heavy atom. The molecule has 0 unspecified atom stereocenters. The first-order chi connectivity index (χ1) is 7.75. The maximum atomic E-state index is 4.39. The zero-order chi connectivity index (χ0) is 10.8. The summed E-state index contributed by atoms with van der Waals surface area (Å²) < 4.78 is 2.13. The molecule has 2 nitrogen and oxygen atoms in total. The predicted octanol–water partition coefficient (Wildman–Crippen LogP) is 2.89. The van der Waals surface area contributed by atoms with E-state index in [1.165, 1.54) is 44.2 Å². The molecule has 0 atom stereocenters. The Balaban J connectivity index is 1.79. The minimum Gasteiger partial charge on any atom is -0.272 e. The van der Waals surface area contributed by atoms with E-state index in [4.69, 9.17) is 0 Å². The van der Waals surface area contributed by atoms with Crippen molar-refractivity contribution in [2.24, 2.45) is 24.8 Å². The lowest BCUT2D eigenvalue weighted by molar-refractivity contribution is -0.00887. The molecular formula is C14H20N2. The highest BCUT2D eigenvalue weighted by Crippen LogP contribution is 2.60. The molecular weight excluding hydrogens is 196 g/mol. The number of hydrogen-bond donors (Lipinski definition) is 0. The van der Waals surface area contributed by atoms with Crippen LogP contribution in [0.1, 0.15) is 44.2 Å². The van der Waals surface area contributed by atoms with Gasteiger partial charge in [0, 0.05) is 24.4 Å². The van der Waals surface area contributed by atoms with Crippen molar-refractivity contribution in [2.45, 2.75) is 43.9 Å². The van der Waals surface area contributed by atoms with Crippen LogP contribution in [0.3, 0.4) is 0 Å². The zero-order valence-corrected chi connectivity index (χ0v) is 10.0. The van der Waals surface area contributed by atoms with Crippen molar-refractivity contribution in [3.63, 3.8) is 0 Å². The van der Waals surface area contributed by atoms with Crippen LogP contribution in [0.25, 0.3) is 0 Å². The number of aromatic nitrogens is 2. The molecule has 86 valence electrons. The Bertz CT molecular complexity index is 383. The second-order valence-corrected chi connectivity index (χ2v) is 6.54. The third kappa shape index (κ3) is 1.11. The average molecular weight is 216 g/mol. The van der Waals surface area contributed by atoms with Gasteiger partial charge in [-0.2, -0.15) is 5.10 Å². The Hall–Kier alpha value is -0.790. The molecule has 4 aliphatic rings. The lowest BCUT2D eigenvalue weighted by Crippen LogP contribution is -2.49. The van der Waals surface area contributed by atoms with Crippen LogP contribution in [0.15, 0.2) is 12.3 Å². The Labute approximate surface area is 97.0 Å². The zero-order valence-electron chi connectivity index (χ0n) is 10.0. The normalized spacial score (nSPS) is 45.2. The van der Waals surface area contributed by atoms with Crippen LogP contribution < -0.4 is 0 Å². The summed E-state index contributed by atoms with van der Waals surface area (Å²) in [5.41, 5.74) is 2.03. The van der Waals surface area contributed by atoms with Gasteiger partial charge in [0.25, 0.3) is 0 Å². The third-order valence-electron chi connectivity index (χ3n) is 5.40. The molecule has 2 heteroatoms. The molecule has 5 rings (SSSR count). The van der Waals surface area contributed by atoms with E-state index in [9.17, 15) is 0 Å². The van der Waals surface area contributed by atoms with Gasteiger partial charge in [0.2, 0.25) is 0 Å². The summed E-state index contributed by atoms with van der Waals surface area (Å²) in [6.45, 7) is 0. The molecule has 1 aromatic heterocycles. The van der Waals surface area contributed by atoms with E-state index < -0.39 is 0 Å². The van der Waals surface area contributed by atoms with Gasteiger partial charge in [-0.15, -0.1) is 0 Å². The van der Waals surface area contributed by atoms with Crippen molar-refractivity contribution < 1.29 is 0 Å². The highest BCUT2D eigenvalue weighted by Gasteiger charge is 2.52. The standard InChI is InChI=1S/C14H20N2/c1-16-13(2-3-15-16)14-7-10-4-11(8-14)6-12(5-10)9-14/h2-3,10-12H,4-9H2,1H3. The second-order valence-electron chi connectivity index (χ2n) is 6.54. The van der Waals surface area contributed by atoms with E-state index in [1.807, 2.05) is 6.20 Å². The third-order valence-corrected chi connectivity index (χ3v) is 5.40. The van der Waals surface area contributed by atoms with Crippen molar-refractivity contribution in [1.29, 1.82) is 0 Å². The van der Waals surface area contributed by atoms with E-state index >= 15 is 0 Å². The highest BCUT2D eigenvalue weighted by atomic mass is 15.3. The van der Waals surface area contributed by atoms with Crippen molar-refractivity contribution in [1.82, 2.24) is 9.78 Å². The van der Waals surface area contributed by atoms with Crippen molar-refractivity contribution in [3.8, 4) is 0 Å². The van der Waals surface area contributed by atoms with E-state index in [0.29, 0.717) is 5.41 Å². The summed E-state index contributed by atoms with van der Waals surface area (Å²) in [5, 5.41) is 4.39. The number of aryl methyl sites for hydroxylation is 1.